The summed E-state index contributed by atoms with van der Waals surface area (Å²) in [5.41, 5.74) is -0.0585. The molecule has 0 fully saturated rings. The maximum atomic E-state index is 12.9. The number of hydrogen-bond donors (Lipinski definition) is 2. The Bertz CT molecular complexity index is 973. The van der Waals surface area contributed by atoms with Crippen molar-refractivity contribution in [3.63, 3.8) is 0 Å². The summed E-state index contributed by atoms with van der Waals surface area (Å²) in [5.74, 6) is 0.375. The first-order chi connectivity index (χ1) is 13.7. The van der Waals surface area contributed by atoms with Crippen LogP contribution in [0.4, 0.5) is 18.9 Å². The van der Waals surface area contributed by atoms with Gasteiger partial charge in [-0.3, -0.25) is 9.89 Å². The number of aromatic amines is 1. The summed E-state index contributed by atoms with van der Waals surface area (Å²) in [6.45, 7) is 3.92. The van der Waals surface area contributed by atoms with Gasteiger partial charge in [0, 0.05) is 11.6 Å². The third kappa shape index (κ3) is 5.38. The first kappa shape index (κ1) is 20.9. The smallest absolute Gasteiger partial charge is 0.325 e. The summed E-state index contributed by atoms with van der Waals surface area (Å²) in [6.07, 6.45) is -4.49. The van der Waals surface area contributed by atoms with Crippen LogP contribution >= 0.6 is 11.8 Å². The number of amides is 1. The number of thioether (sulfide) groups is 1. The molecule has 152 valence electrons. The highest BCUT2D eigenvalue weighted by Crippen LogP contribution is 2.35. The van der Waals surface area contributed by atoms with Crippen LogP contribution in [0, 0.1) is 0 Å². The van der Waals surface area contributed by atoms with Crippen LogP contribution in [0.1, 0.15) is 42.0 Å². The van der Waals surface area contributed by atoms with E-state index < -0.39 is 22.9 Å². The van der Waals surface area contributed by atoms with Gasteiger partial charge >= 0.3 is 6.18 Å². The van der Waals surface area contributed by atoms with E-state index >= 15 is 0 Å². The molecule has 0 aliphatic carbocycles. The monoisotopic (exact) mass is 420 g/mol. The molecule has 0 radical (unpaired) electrons. The Morgan fingerprint density at radius 1 is 1.10 bits per heavy atom. The Labute approximate surface area is 170 Å². The number of carbonyl (C=O) groups is 1. The lowest BCUT2D eigenvalue weighted by molar-refractivity contribution is -0.137. The average molecular weight is 420 g/mol. The molecule has 29 heavy (non-hydrogen) atoms. The lowest BCUT2D eigenvalue weighted by Crippen LogP contribution is -2.19. The number of alkyl halides is 3. The minimum Gasteiger partial charge on any atom is -0.325 e. The molecule has 0 saturated carbocycles. The van der Waals surface area contributed by atoms with Crippen molar-refractivity contribution >= 4 is 23.4 Å². The molecule has 9 heteroatoms. The van der Waals surface area contributed by atoms with E-state index in [9.17, 15) is 18.0 Å². The van der Waals surface area contributed by atoms with E-state index in [1.807, 2.05) is 19.9 Å². The van der Waals surface area contributed by atoms with Gasteiger partial charge < -0.3 is 5.32 Å². The van der Waals surface area contributed by atoms with Crippen LogP contribution < -0.4 is 5.32 Å². The molecule has 2 N–H and O–H groups in total. The maximum absolute atomic E-state index is 12.9. The molecule has 0 spiro atoms. The van der Waals surface area contributed by atoms with Gasteiger partial charge in [-0.2, -0.15) is 13.2 Å². The minimum absolute atomic E-state index is 0.0733. The van der Waals surface area contributed by atoms with Crippen LogP contribution in [0.2, 0.25) is 0 Å². The fourth-order valence-electron chi connectivity index (χ4n) is 2.56. The van der Waals surface area contributed by atoms with Crippen molar-refractivity contribution in [1.29, 1.82) is 0 Å². The molecule has 2 aromatic carbocycles. The fourth-order valence-corrected chi connectivity index (χ4v) is 3.48. The first-order valence-corrected chi connectivity index (χ1v) is 9.74. The maximum Gasteiger partial charge on any atom is 0.416 e. The summed E-state index contributed by atoms with van der Waals surface area (Å²) >= 11 is 1.13. The van der Waals surface area contributed by atoms with Crippen molar-refractivity contribution in [3.8, 4) is 0 Å². The van der Waals surface area contributed by atoms with Crippen molar-refractivity contribution in [2.24, 2.45) is 0 Å². The third-order valence-corrected chi connectivity index (χ3v) is 5.17. The van der Waals surface area contributed by atoms with Gasteiger partial charge in [-0.15, -0.1) is 5.10 Å². The van der Waals surface area contributed by atoms with E-state index in [-0.39, 0.29) is 11.6 Å². The largest absolute Gasteiger partial charge is 0.416 e. The predicted molar refractivity (Wildman–Crippen MR) is 106 cm³/mol. The summed E-state index contributed by atoms with van der Waals surface area (Å²) in [5, 5.41) is 9.21. The van der Waals surface area contributed by atoms with Crippen LogP contribution in [0.25, 0.3) is 0 Å². The van der Waals surface area contributed by atoms with Crippen LogP contribution in [0.15, 0.2) is 59.8 Å². The normalized spacial score (nSPS) is 12.8. The highest BCUT2D eigenvalue weighted by atomic mass is 32.2. The van der Waals surface area contributed by atoms with Crippen molar-refractivity contribution in [3.05, 3.63) is 71.5 Å². The molecule has 0 unspecified atom stereocenters. The van der Waals surface area contributed by atoms with Crippen LogP contribution in [0.5, 0.6) is 0 Å². The number of aromatic nitrogens is 3. The second kappa shape index (κ2) is 8.69. The SMILES string of the molecule is CC(C)c1nc(S[C@@H](C(=O)Nc2cccc(C(F)(F)F)c2)c2ccccc2)n[nH]1. The zero-order valence-corrected chi connectivity index (χ0v) is 16.5. The van der Waals surface area contributed by atoms with Crippen molar-refractivity contribution < 1.29 is 18.0 Å². The molecular weight excluding hydrogens is 401 g/mol. The van der Waals surface area contributed by atoms with Gasteiger partial charge in [0.15, 0.2) is 0 Å². The Hall–Kier alpha value is -2.81. The predicted octanol–water partition coefficient (Wildman–Crippen LogP) is 5.42. The Morgan fingerprint density at radius 2 is 1.83 bits per heavy atom. The van der Waals surface area contributed by atoms with Gasteiger partial charge in [-0.1, -0.05) is 62.0 Å². The summed E-state index contributed by atoms with van der Waals surface area (Å²) in [4.78, 5) is 17.3. The van der Waals surface area contributed by atoms with E-state index in [0.29, 0.717) is 16.5 Å². The molecule has 3 aromatic rings. The Balaban J connectivity index is 1.85. The first-order valence-electron chi connectivity index (χ1n) is 8.86. The van der Waals surface area contributed by atoms with Crippen molar-refractivity contribution in [1.82, 2.24) is 15.2 Å². The quantitative estimate of drug-likeness (QED) is 0.523. The van der Waals surface area contributed by atoms with E-state index in [2.05, 4.69) is 20.5 Å². The number of halogens is 3. The van der Waals surface area contributed by atoms with Gasteiger partial charge in [0.1, 0.15) is 11.1 Å². The molecule has 5 nitrogen and oxygen atoms in total. The lowest BCUT2D eigenvalue weighted by atomic mass is 10.1. The van der Waals surface area contributed by atoms with E-state index in [0.717, 1.165) is 23.9 Å². The molecule has 1 heterocycles. The number of hydrogen-bond acceptors (Lipinski definition) is 4. The van der Waals surface area contributed by atoms with Crippen LogP contribution in [-0.4, -0.2) is 21.1 Å². The van der Waals surface area contributed by atoms with Gasteiger partial charge in [0.25, 0.3) is 0 Å². The molecule has 0 aliphatic rings. The zero-order chi connectivity index (χ0) is 21.0. The van der Waals surface area contributed by atoms with E-state index in [1.165, 1.54) is 12.1 Å². The topological polar surface area (TPSA) is 70.7 Å². The molecule has 0 aliphatic heterocycles. The summed E-state index contributed by atoms with van der Waals surface area (Å²) in [6, 6.07) is 13.5. The lowest BCUT2D eigenvalue weighted by Gasteiger charge is -2.16. The van der Waals surface area contributed by atoms with Crippen molar-refractivity contribution in [2.75, 3.05) is 5.32 Å². The van der Waals surface area contributed by atoms with Crippen molar-refractivity contribution in [2.45, 2.75) is 36.3 Å². The number of rotatable bonds is 6. The average Bonchev–Trinajstić information content (AvgIpc) is 3.15. The molecular formula is C20H19F3N4OS. The minimum atomic E-state index is -4.49. The molecule has 0 saturated heterocycles. The van der Waals surface area contributed by atoms with Crippen LogP contribution in [-0.2, 0) is 11.0 Å². The number of nitrogens with zero attached hydrogens (tertiary/aromatic N) is 2. The highest BCUT2D eigenvalue weighted by Gasteiger charge is 2.31. The molecule has 0 bridgehead atoms. The Morgan fingerprint density at radius 3 is 2.45 bits per heavy atom. The zero-order valence-electron chi connectivity index (χ0n) is 15.7. The van der Waals surface area contributed by atoms with Gasteiger partial charge in [-0.25, -0.2) is 4.98 Å². The van der Waals surface area contributed by atoms with Gasteiger partial charge in [0.2, 0.25) is 11.1 Å². The number of carbonyl (C=O) groups excluding carboxylic acids is 1. The number of benzene rings is 2. The molecule has 1 aromatic heterocycles. The second-order valence-electron chi connectivity index (χ2n) is 6.63. The highest BCUT2D eigenvalue weighted by molar-refractivity contribution is 8.00. The number of H-pyrrole nitrogens is 1. The molecule has 3 rings (SSSR count). The second-order valence-corrected chi connectivity index (χ2v) is 7.71. The van der Waals surface area contributed by atoms with E-state index in [1.54, 1.807) is 24.3 Å². The summed E-state index contributed by atoms with van der Waals surface area (Å²) in [7, 11) is 0. The summed E-state index contributed by atoms with van der Waals surface area (Å²) < 4.78 is 38.8. The third-order valence-electron chi connectivity index (χ3n) is 4.05. The van der Waals surface area contributed by atoms with Gasteiger partial charge in [-0.05, 0) is 23.8 Å². The molecule has 1 amide bonds. The standard InChI is InChI=1S/C20H19F3N4OS/c1-12(2)17-25-19(27-26-17)29-16(13-7-4-3-5-8-13)18(28)24-15-10-6-9-14(11-15)20(21,22)23/h3-12,16H,1-2H3,(H,24,28)(H,25,26,27)/t16-/m1/s1. The van der Waals surface area contributed by atoms with Crippen LogP contribution in [0.3, 0.4) is 0 Å². The van der Waals surface area contributed by atoms with E-state index in [4.69, 9.17) is 0 Å². The number of nitrogens with one attached hydrogen (secondary N) is 2. The van der Waals surface area contributed by atoms with Gasteiger partial charge in [0.05, 0.1) is 5.56 Å². The number of anilines is 1. The fraction of sp³-hybridized carbons (Fsp3) is 0.250. The Kier molecular flexibility index (Phi) is 6.26. The molecule has 1 atom stereocenters.